The van der Waals surface area contributed by atoms with Crippen molar-refractivity contribution in [2.45, 2.75) is 110 Å². The molecule has 2 fully saturated rings. The van der Waals surface area contributed by atoms with Gasteiger partial charge in [-0.05, 0) is 88.4 Å². The van der Waals surface area contributed by atoms with Crippen molar-refractivity contribution in [2.24, 2.45) is 0 Å². The average molecular weight is 677 g/mol. The molecular weight excluding hydrogens is 620 g/mol. The van der Waals surface area contributed by atoms with E-state index in [1.54, 1.807) is 31.5 Å². The van der Waals surface area contributed by atoms with Crippen LogP contribution in [0, 0.1) is 0 Å². The minimum Gasteiger partial charge on any atom is -0.496 e. The molecule has 0 radical (unpaired) electrons. The lowest BCUT2D eigenvalue weighted by Crippen LogP contribution is -2.45. The van der Waals surface area contributed by atoms with Crippen molar-refractivity contribution in [2.75, 3.05) is 46.9 Å². The van der Waals surface area contributed by atoms with Gasteiger partial charge in [0.25, 0.3) is 5.56 Å². The summed E-state index contributed by atoms with van der Waals surface area (Å²) in [6.45, 7) is 12.8. The third kappa shape index (κ3) is 9.54. The fraction of sp³-hybridized carbons (Fsp3) is 0.615. The van der Waals surface area contributed by atoms with Crippen LogP contribution in [0.1, 0.15) is 84.6 Å². The second-order valence-corrected chi connectivity index (χ2v) is 14.5. The van der Waals surface area contributed by atoms with Crippen LogP contribution in [0.4, 0.5) is 4.79 Å². The predicted molar refractivity (Wildman–Crippen MR) is 194 cm³/mol. The van der Waals surface area contributed by atoms with Crippen LogP contribution in [0.2, 0.25) is 0 Å². The summed E-state index contributed by atoms with van der Waals surface area (Å²) < 4.78 is 25.8. The molecule has 2 aliphatic rings. The summed E-state index contributed by atoms with van der Waals surface area (Å²) in [5.41, 5.74) is 2.48. The van der Waals surface area contributed by atoms with E-state index in [1.165, 1.54) is 0 Å². The maximum atomic E-state index is 13.3. The number of pyridine rings is 2. The highest BCUT2D eigenvalue weighted by Crippen LogP contribution is 2.38. The molecule has 0 N–H and O–H groups in total. The Bertz CT molecular complexity index is 1570. The number of unbranched alkanes of at least 4 members (excludes halogenated alkanes) is 3. The summed E-state index contributed by atoms with van der Waals surface area (Å²) in [5, 5.41) is 1.50. The fourth-order valence-electron chi connectivity index (χ4n) is 7.04. The molecule has 1 aromatic carbocycles. The van der Waals surface area contributed by atoms with E-state index in [1.807, 2.05) is 37.6 Å². The number of ether oxygens (including phenoxy) is 4. The molecule has 0 unspecified atom stereocenters. The summed E-state index contributed by atoms with van der Waals surface area (Å²) >= 11 is 0. The highest BCUT2D eigenvalue weighted by atomic mass is 16.6. The number of hydrogen-bond acceptors (Lipinski definition) is 8. The number of carbonyl (C=O) groups is 1. The molecule has 0 spiro atoms. The fourth-order valence-corrected chi connectivity index (χ4v) is 7.04. The molecule has 10 heteroatoms. The van der Waals surface area contributed by atoms with Crippen LogP contribution in [0.15, 0.2) is 41.6 Å². The van der Waals surface area contributed by atoms with Gasteiger partial charge >= 0.3 is 6.09 Å². The van der Waals surface area contributed by atoms with Crippen LogP contribution in [-0.4, -0.2) is 90.2 Å². The van der Waals surface area contributed by atoms with Gasteiger partial charge in [-0.15, -0.1) is 0 Å². The number of aryl methyl sites for hydroxylation is 1. The van der Waals surface area contributed by atoms with Crippen molar-refractivity contribution >= 4 is 16.9 Å². The summed E-state index contributed by atoms with van der Waals surface area (Å²) in [6, 6.07) is 6.07. The van der Waals surface area contributed by atoms with Crippen LogP contribution in [0.25, 0.3) is 21.9 Å². The number of fused-ring (bicyclic) bond motifs is 1. The molecule has 2 aromatic heterocycles. The first-order chi connectivity index (χ1) is 23.6. The van der Waals surface area contributed by atoms with E-state index in [2.05, 4.69) is 28.9 Å². The Kier molecular flexibility index (Phi) is 12.6. The number of methoxy groups -OCH3 is 2. The van der Waals surface area contributed by atoms with Gasteiger partial charge in [0.1, 0.15) is 17.1 Å². The number of piperidine rings is 2. The standard InChI is InChI=1S/C39H56N4O6/c1-7-8-9-10-18-43-27-34(31-11-17-40-26-33(31)37(43)44)28-24-35(46-5)32(36(25-28)47-6)16-21-41-19-12-29(13-20-41)48-30-14-22-42(23-15-30)38(45)49-39(2,3)4/h11,17,24-27,29-30H,7-10,12-16,18-23H2,1-6H3. The molecule has 0 atom stereocenters. The van der Waals surface area contributed by atoms with E-state index in [0.717, 1.165) is 111 Å². The van der Waals surface area contributed by atoms with Gasteiger partial charge in [-0.1, -0.05) is 26.2 Å². The molecule has 49 heavy (non-hydrogen) atoms. The normalized spacial score (nSPS) is 16.7. The summed E-state index contributed by atoms with van der Waals surface area (Å²) in [6.07, 6.45) is 14.5. The molecule has 4 heterocycles. The van der Waals surface area contributed by atoms with Gasteiger partial charge in [-0.2, -0.15) is 0 Å². The van der Waals surface area contributed by atoms with E-state index >= 15 is 0 Å². The van der Waals surface area contributed by atoms with E-state index in [4.69, 9.17) is 18.9 Å². The first kappa shape index (κ1) is 36.6. The molecule has 268 valence electrons. The number of likely N-dealkylation sites (tertiary alicyclic amines) is 2. The molecule has 2 aliphatic heterocycles. The van der Waals surface area contributed by atoms with Gasteiger partial charge in [0.05, 0.1) is 31.8 Å². The number of amides is 1. The number of aromatic nitrogens is 2. The Morgan fingerprint density at radius 2 is 1.55 bits per heavy atom. The van der Waals surface area contributed by atoms with Gasteiger partial charge in [0.2, 0.25) is 0 Å². The number of benzene rings is 1. The van der Waals surface area contributed by atoms with Gasteiger partial charge in [0.15, 0.2) is 0 Å². The molecule has 2 saturated heterocycles. The first-order valence-corrected chi connectivity index (χ1v) is 18.2. The zero-order valence-corrected chi connectivity index (χ0v) is 30.5. The molecule has 10 nitrogen and oxygen atoms in total. The van der Waals surface area contributed by atoms with E-state index in [-0.39, 0.29) is 23.9 Å². The quantitative estimate of drug-likeness (QED) is 0.177. The van der Waals surface area contributed by atoms with Crippen molar-refractivity contribution in [1.82, 2.24) is 19.4 Å². The van der Waals surface area contributed by atoms with Crippen molar-refractivity contribution in [1.29, 1.82) is 0 Å². The van der Waals surface area contributed by atoms with Crippen LogP contribution in [-0.2, 0) is 22.4 Å². The Morgan fingerprint density at radius 3 is 2.16 bits per heavy atom. The Morgan fingerprint density at radius 1 is 0.898 bits per heavy atom. The lowest BCUT2D eigenvalue weighted by atomic mass is 9.97. The molecular formula is C39H56N4O6. The Balaban J connectivity index is 1.20. The lowest BCUT2D eigenvalue weighted by Gasteiger charge is -2.37. The minimum atomic E-state index is -0.478. The molecule has 0 bridgehead atoms. The Hall–Kier alpha value is -3.63. The zero-order chi connectivity index (χ0) is 35.0. The van der Waals surface area contributed by atoms with Gasteiger partial charge in [-0.25, -0.2) is 4.79 Å². The molecule has 0 saturated carbocycles. The first-order valence-electron chi connectivity index (χ1n) is 18.2. The molecule has 3 aromatic rings. The smallest absolute Gasteiger partial charge is 0.410 e. The summed E-state index contributed by atoms with van der Waals surface area (Å²) in [7, 11) is 3.42. The molecule has 0 aliphatic carbocycles. The number of rotatable bonds is 13. The number of nitrogens with zero attached hydrogens (tertiary/aromatic N) is 4. The second-order valence-electron chi connectivity index (χ2n) is 14.5. The minimum absolute atomic E-state index is 0.00310. The predicted octanol–water partition coefficient (Wildman–Crippen LogP) is 7.08. The number of carbonyl (C=O) groups excluding carboxylic acids is 1. The molecule has 1 amide bonds. The van der Waals surface area contributed by atoms with Gasteiger partial charge in [0, 0.05) is 69.0 Å². The average Bonchev–Trinajstić information content (AvgIpc) is 3.10. The third-order valence-corrected chi connectivity index (χ3v) is 9.75. The SMILES string of the molecule is CCCCCCn1cc(-c2cc(OC)c(CCN3CCC(OC4CCN(C(=O)OC(C)(C)C)CC4)CC3)c(OC)c2)c2ccncc2c1=O. The van der Waals surface area contributed by atoms with Crippen LogP contribution < -0.4 is 15.0 Å². The van der Waals surface area contributed by atoms with E-state index in [0.29, 0.717) is 25.0 Å². The topological polar surface area (TPSA) is 95.4 Å². The van der Waals surface area contributed by atoms with E-state index < -0.39 is 5.60 Å². The maximum absolute atomic E-state index is 13.3. The van der Waals surface area contributed by atoms with Crippen molar-refractivity contribution in [3.05, 3.63) is 52.7 Å². The van der Waals surface area contributed by atoms with Crippen molar-refractivity contribution in [3.63, 3.8) is 0 Å². The number of hydrogen-bond donors (Lipinski definition) is 0. The van der Waals surface area contributed by atoms with Crippen LogP contribution in [0.5, 0.6) is 11.5 Å². The maximum Gasteiger partial charge on any atom is 0.410 e. The zero-order valence-electron chi connectivity index (χ0n) is 30.5. The van der Waals surface area contributed by atoms with Gasteiger partial charge < -0.3 is 33.3 Å². The largest absolute Gasteiger partial charge is 0.496 e. The Labute approximate surface area is 291 Å². The van der Waals surface area contributed by atoms with E-state index in [9.17, 15) is 9.59 Å². The van der Waals surface area contributed by atoms with Gasteiger partial charge in [-0.3, -0.25) is 9.78 Å². The highest BCUT2D eigenvalue weighted by molar-refractivity contribution is 5.95. The summed E-state index contributed by atoms with van der Waals surface area (Å²) in [5.74, 6) is 1.57. The lowest BCUT2D eigenvalue weighted by molar-refractivity contribution is -0.0661. The van der Waals surface area contributed by atoms with Crippen molar-refractivity contribution < 1.29 is 23.7 Å². The van der Waals surface area contributed by atoms with Crippen LogP contribution >= 0.6 is 0 Å². The molecule has 5 rings (SSSR count). The monoisotopic (exact) mass is 676 g/mol. The third-order valence-electron chi connectivity index (χ3n) is 9.75. The van der Waals surface area contributed by atoms with Crippen LogP contribution in [0.3, 0.4) is 0 Å². The summed E-state index contributed by atoms with van der Waals surface area (Å²) in [4.78, 5) is 34.3. The second kappa shape index (κ2) is 16.9. The highest BCUT2D eigenvalue weighted by Gasteiger charge is 2.30. The van der Waals surface area contributed by atoms with Crippen molar-refractivity contribution in [3.8, 4) is 22.6 Å².